The van der Waals surface area contributed by atoms with Gasteiger partial charge in [-0.1, -0.05) is 12.1 Å². The molecular weight excluding hydrogens is 256 g/mol. The second-order valence-corrected chi connectivity index (χ2v) is 3.82. The standard InChI is InChI=1S/C13H17F2NO3/c1-3-18-10-7-5-9(6-8-10)11(16)13(14,15)12(17)19-4-2/h5-8,11H,3-4,16H2,1-2H3/t11-/m1/s1. The second-order valence-electron chi connectivity index (χ2n) is 3.82. The van der Waals surface area contributed by atoms with Gasteiger partial charge in [0.25, 0.3) is 0 Å². The molecule has 2 N–H and O–H groups in total. The molecule has 4 nitrogen and oxygen atoms in total. The zero-order valence-corrected chi connectivity index (χ0v) is 10.9. The minimum Gasteiger partial charge on any atom is -0.494 e. The summed E-state index contributed by atoms with van der Waals surface area (Å²) in [5.74, 6) is -4.82. The van der Waals surface area contributed by atoms with Gasteiger partial charge in [-0.3, -0.25) is 0 Å². The summed E-state index contributed by atoms with van der Waals surface area (Å²) in [7, 11) is 0. The monoisotopic (exact) mass is 273 g/mol. The Morgan fingerprint density at radius 1 is 1.26 bits per heavy atom. The van der Waals surface area contributed by atoms with Gasteiger partial charge in [-0.15, -0.1) is 0 Å². The maximum absolute atomic E-state index is 13.7. The van der Waals surface area contributed by atoms with Crippen LogP contribution >= 0.6 is 0 Å². The van der Waals surface area contributed by atoms with Crippen LogP contribution in [0.1, 0.15) is 25.5 Å². The van der Waals surface area contributed by atoms with E-state index in [4.69, 9.17) is 10.5 Å². The number of ether oxygens (including phenoxy) is 2. The van der Waals surface area contributed by atoms with E-state index in [1.807, 2.05) is 6.92 Å². The lowest BCUT2D eigenvalue weighted by molar-refractivity contribution is -0.174. The topological polar surface area (TPSA) is 61.5 Å². The van der Waals surface area contributed by atoms with Gasteiger partial charge < -0.3 is 15.2 Å². The van der Waals surface area contributed by atoms with E-state index in [9.17, 15) is 13.6 Å². The van der Waals surface area contributed by atoms with E-state index < -0.39 is 17.9 Å². The van der Waals surface area contributed by atoms with Crippen LogP contribution in [0.25, 0.3) is 0 Å². The van der Waals surface area contributed by atoms with Gasteiger partial charge in [0.05, 0.1) is 13.2 Å². The molecule has 0 spiro atoms. The lowest BCUT2D eigenvalue weighted by Crippen LogP contribution is -2.41. The summed E-state index contributed by atoms with van der Waals surface area (Å²) in [6.45, 7) is 3.62. The molecule has 106 valence electrons. The van der Waals surface area contributed by atoms with Crippen LogP contribution in [0.5, 0.6) is 5.75 Å². The van der Waals surface area contributed by atoms with E-state index in [0.29, 0.717) is 12.4 Å². The summed E-state index contributed by atoms with van der Waals surface area (Å²) in [5.41, 5.74) is 5.58. The maximum Gasteiger partial charge on any atom is 0.379 e. The quantitative estimate of drug-likeness (QED) is 0.808. The Morgan fingerprint density at radius 3 is 2.32 bits per heavy atom. The van der Waals surface area contributed by atoms with Crippen LogP contribution in [0, 0.1) is 0 Å². The van der Waals surface area contributed by atoms with E-state index in [2.05, 4.69) is 4.74 Å². The normalized spacial score (nSPS) is 12.9. The van der Waals surface area contributed by atoms with Crippen molar-refractivity contribution in [2.45, 2.75) is 25.8 Å². The molecule has 1 aromatic rings. The summed E-state index contributed by atoms with van der Waals surface area (Å²) in [6.07, 6.45) is 0. The molecule has 6 heteroatoms. The number of carbonyl (C=O) groups is 1. The Labute approximate surface area is 110 Å². The second kappa shape index (κ2) is 6.47. The van der Waals surface area contributed by atoms with E-state index in [1.165, 1.54) is 31.2 Å². The molecular formula is C13H17F2NO3. The van der Waals surface area contributed by atoms with Crippen molar-refractivity contribution in [3.8, 4) is 5.75 Å². The highest BCUT2D eigenvalue weighted by Gasteiger charge is 2.47. The van der Waals surface area contributed by atoms with Gasteiger partial charge >= 0.3 is 11.9 Å². The van der Waals surface area contributed by atoms with Crippen LogP contribution < -0.4 is 10.5 Å². The number of carbonyl (C=O) groups excluding carboxylic acids is 1. The van der Waals surface area contributed by atoms with E-state index in [0.717, 1.165) is 0 Å². The molecule has 0 bridgehead atoms. The third-order valence-electron chi connectivity index (χ3n) is 2.49. The van der Waals surface area contributed by atoms with Crippen LogP contribution in [0.15, 0.2) is 24.3 Å². The minimum atomic E-state index is -3.76. The zero-order chi connectivity index (χ0) is 14.5. The van der Waals surface area contributed by atoms with Gasteiger partial charge in [0.1, 0.15) is 11.8 Å². The molecule has 0 aliphatic carbocycles. The third kappa shape index (κ3) is 3.64. The Morgan fingerprint density at radius 2 is 1.84 bits per heavy atom. The molecule has 0 aliphatic rings. The molecule has 0 saturated heterocycles. The molecule has 0 saturated carbocycles. The average molecular weight is 273 g/mol. The summed E-state index contributed by atoms with van der Waals surface area (Å²) in [5, 5.41) is 0. The van der Waals surface area contributed by atoms with Gasteiger partial charge in [-0.05, 0) is 31.5 Å². The predicted molar refractivity (Wildman–Crippen MR) is 66.1 cm³/mol. The fourth-order valence-corrected chi connectivity index (χ4v) is 1.50. The number of hydrogen-bond acceptors (Lipinski definition) is 4. The average Bonchev–Trinajstić information content (AvgIpc) is 2.39. The van der Waals surface area contributed by atoms with Crippen LogP contribution in [0.2, 0.25) is 0 Å². The molecule has 0 heterocycles. The molecule has 0 aromatic heterocycles. The number of nitrogens with two attached hydrogens (primary N) is 1. The molecule has 19 heavy (non-hydrogen) atoms. The highest BCUT2D eigenvalue weighted by molar-refractivity contribution is 5.78. The molecule has 1 aromatic carbocycles. The SMILES string of the molecule is CCOC(=O)C(F)(F)[C@H](N)c1ccc(OCC)cc1. The molecule has 0 aliphatic heterocycles. The Kier molecular flexibility index (Phi) is 5.23. The number of hydrogen-bond donors (Lipinski definition) is 1. The number of rotatable bonds is 6. The van der Waals surface area contributed by atoms with E-state index in [-0.39, 0.29) is 12.2 Å². The van der Waals surface area contributed by atoms with Crippen molar-refractivity contribution in [2.75, 3.05) is 13.2 Å². The summed E-state index contributed by atoms with van der Waals surface area (Å²) < 4.78 is 36.9. The van der Waals surface area contributed by atoms with Gasteiger partial charge in [0, 0.05) is 0 Å². The lowest BCUT2D eigenvalue weighted by atomic mass is 10.0. The third-order valence-corrected chi connectivity index (χ3v) is 2.49. The Balaban J connectivity index is 2.86. The molecule has 0 fully saturated rings. The van der Waals surface area contributed by atoms with Crippen molar-refractivity contribution in [2.24, 2.45) is 5.73 Å². The molecule has 0 amide bonds. The Hall–Kier alpha value is -1.69. The Bertz CT molecular complexity index is 420. The van der Waals surface area contributed by atoms with Crippen LogP contribution in [0.4, 0.5) is 8.78 Å². The van der Waals surface area contributed by atoms with Gasteiger partial charge in [0.15, 0.2) is 0 Å². The fourth-order valence-electron chi connectivity index (χ4n) is 1.50. The molecule has 0 radical (unpaired) electrons. The van der Waals surface area contributed by atoms with E-state index >= 15 is 0 Å². The van der Waals surface area contributed by atoms with Crippen LogP contribution in [-0.2, 0) is 9.53 Å². The van der Waals surface area contributed by atoms with Gasteiger partial charge in [0.2, 0.25) is 0 Å². The largest absolute Gasteiger partial charge is 0.494 e. The van der Waals surface area contributed by atoms with Crippen molar-refractivity contribution >= 4 is 5.97 Å². The van der Waals surface area contributed by atoms with Crippen LogP contribution in [-0.4, -0.2) is 25.1 Å². The minimum absolute atomic E-state index is 0.121. The lowest BCUT2D eigenvalue weighted by Gasteiger charge is -2.22. The van der Waals surface area contributed by atoms with Crippen molar-refractivity contribution in [1.29, 1.82) is 0 Å². The van der Waals surface area contributed by atoms with Crippen molar-refractivity contribution in [3.05, 3.63) is 29.8 Å². The number of halogens is 2. The van der Waals surface area contributed by atoms with Crippen molar-refractivity contribution in [3.63, 3.8) is 0 Å². The highest BCUT2D eigenvalue weighted by atomic mass is 19.3. The molecule has 0 unspecified atom stereocenters. The predicted octanol–water partition coefficient (Wildman–Crippen LogP) is 2.28. The number of esters is 1. The fraction of sp³-hybridized carbons (Fsp3) is 0.462. The highest BCUT2D eigenvalue weighted by Crippen LogP contribution is 2.31. The van der Waals surface area contributed by atoms with E-state index in [1.54, 1.807) is 0 Å². The first-order valence-electron chi connectivity index (χ1n) is 5.96. The van der Waals surface area contributed by atoms with Crippen molar-refractivity contribution < 1.29 is 23.0 Å². The first-order valence-corrected chi connectivity index (χ1v) is 5.96. The van der Waals surface area contributed by atoms with Gasteiger partial charge in [-0.25, -0.2) is 4.79 Å². The zero-order valence-electron chi connectivity index (χ0n) is 10.9. The molecule has 1 rings (SSSR count). The molecule has 1 atom stereocenters. The number of alkyl halides is 2. The summed E-state index contributed by atoms with van der Waals surface area (Å²) >= 11 is 0. The number of benzene rings is 1. The first kappa shape index (κ1) is 15.4. The first-order chi connectivity index (χ1) is 8.93. The summed E-state index contributed by atoms with van der Waals surface area (Å²) in [6, 6.07) is 4.12. The van der Waals surface area contributed by atoms with Crippen molar-refractivity contribution in [1.82, 2.24) is 0 Å². The summed E-state index contributed by atoms with van der Waals surface area (Å²) in [4.78, 5) is 11.2. The smallest absolute Gasteiger partial charge is 0.379 e. The van der Waals surface area contributed by atoms with Gasteiger partial charge in [-0.2, -0.15) is 8.78 Å². The maximum atomic E-state index is 13.7. The van der Waals surface area contributed by atoms with Crippen LogP contribution in [0.3, 0.4) is 0 Å².